The molecule has 1 fully saturated rings. The number of allylic oxidation sites excluding steroid dienone is 2. The van der Waals surface area contributed by atoms with E-state index in [-0.39, 0.29) is 22.2 Å². The third-order valence-electron chi connectivity index (χ3n) is 5.76. The van der Waals surface area contributed by atoms with Gasteiger partial charge >= 0.3 is 0 Å². The second kappa shape index (κ2) is 6.19. The summed E-state index contributed by atoms with van der Waals surface area (Å²) in [4.78, 5) is 16.4. The molecule has 6 nitrogen and oxygen atoms in total. The van der Waals surface area contributed by atoms with Crippen LogP contribution in [-0.4, -0.2) is 42.7 Å². The number of amidine groups is 1. The fraction of sp³-hybridized carbons (Fsp3) is 0.368. The van der Waals surface area contributed by atoms with Crippen LogP contribution in [0.15, 0.2) is 47.5 Å². The molecular formula is C19H17F3N6S. The third kappa shape index (κ3) is 2.80. The zero-order chi connectivity index (χ0) is 20.4. The van der Waals surface area contributed by atoms with Crippen molar-refractivity contribution in [1.82, 2.24) is 15.0 Å². The minimum Gasteiger partial charge on any atom is -0.379 e. The SMILES string of the molecule is C[C@]1(C2(F)C=C(Nc3ncnc4cc(F)cnc34)C=CC2F)N=C(N)S[C@H]2C[C@H]21. The molecule has 3 N–H and O–H groups in total. The predicted octanol–water partition coefficient (Wildman–Crippen LogP) is 3.28. The van der Waals surface area contributed by atoms with Crippen molar-refractivity contribution in [1.29, 1.82) is 0 Å². The Morgan fingerprint density at radius 3 is 2.97 bits per heavy atom. The number of thioether (sulfide) groups is 1. The van der Waals surface area contributed by atoms with Gasteiger partial charge in [-0.3, -0.25) is 4.99 Å². The molecule has 3 heterocycles. The average Bonchev–Trinajstić information content (AvgIpc) is 3.45. The summed E-state index contributed by atoms with van der Waals surface area (Å²) in [5, 5.41) is 3.41. The zero-order valence-electron chi connectivity index (χ0n) is 15.3. The van der Waals surface area contributed by atoms with Crippen molar-refractivity contribution in [2.75, 3.05) is 5.32 Å². The number of pyridine rings is 1. The molecular weight excluding hydrogens is 401 g/mol. The van der Waals surface area contributed by atoms with Gasteiger partial charge in [-0.25, -0.2) is 28.1 Å². The maximum Gasteiger partial charge on any atom is 0.190 e. The highest BCUT2D eigenvalue weighted by atomic mass is 32.2. The van der Waals surface area contributed by atoms with Gasteiger partial charge in [-0.1, -0.05) is 11.8 Å². The molecule has 10 heteroatoms. The highest BCUT2D eigenvalue weighted by Crippen LogP contribution is 2.59. The van der Waals surface area contributed by atoms with E-state index < -0.39 is 23.2 Å². The second-order valence-electron chi connectivity index (χ2n) is 7.59. The Morgan fingerprint density at radius 1 is 1.31 bits per heavy atom. The molecule has 0 amide bonds. The molecule has 5 atom stereocenters. The number of anilines is 1. The first-order valence-corrected chi connectivity index (χ1v) is 9.97. The lowest BCUT2D eigenvalue weighted by atomic mass is 9.73. The van der Waals surface area contributed by atoms with Gasteiger partial charge in [0.05, 0.1) is 11.7 Å². The first kappa shape index (κ1) is 18.4. The van der Waals surface area contributed by atoms with Crippen molar-refractivity contribution in [2.45, 2.75) is 36.0 Å². The van der Waals surface area contributed by atoms with Crippen molar-refractivity contribution >= 4 is 33.8 Å². The fourth-order valence-corrected chi connectivity index (χ4v) is 5.37. The van der Waals surface area contributed by atoms with E-state index in [1.54, 1.807) is 6.92 Å². The Kier molecular flexibility index (Phi) is 3.93. The van der Waals surface area contributed by atoms with Gasteiger partial charge in [-0.2, -0.15) is 0 Å². The molecule has 29 heavy (non-hydrogen) atoms. The summed E-state index contributed by atoms with van der Waals surface area (Å²) in [6, 6.07) is 1.22. The van der Waals surface area contributed by atoms with Crippen molar-refractivity contribution in [3.63, 3.8) is 0 Å². The van der Waals surface area contributed by atoms with Crippen LogP contribution in [0.1, 0.15) is 13.3 Å². The lowest BCUT2D eigenvalue weighted by Gasteiger charge is -2.43. The predicted molar refractivity (Wildman–Crippen MR) is 106 cm³/mol. The van der Waals surface area contributed by atoms with Crippen LogP contribution in [-0.2, 0) is 0 Å². The summed E-state index contributed by atoms with van der Waals surface area (Å²) in [5.74, 6) is -0.349. The van der Waals surface area contributed by atoms with E-state index in [1.807, 2.05) is 0 Å². The molecule has 2 aromatic heterocycles. The van der Waals surface area contributed by atoms with Gasteiger partial charge in [0, 0.05) is 22.9 Å². The first-order chi connectivity index (χ1) is 13.8. The summed E-state index contributed by atoms with van der Waals surface area (Å²) >= 11 is 1.42. The molecule has 0 aromatic carbocycles. The third-order valence-corrected chi connectivity index (χ3v) is 6.92. The number of aliphatic imine (C=N–C) groups is 1. The second-order valence-corrected chi connectivity index (χ2v) is 8.85. The van der Waals surface area contributed by atoms with E-state index in [9.17, 15) is 8.78 Å². The van der Waals surface area contributed by atoms with Gasteiger partial charge < -0.3 is 11.1 Å². The molecule has 2 aromatic rings. The van der Waals surface area contributed by atoms with E-state index in [0.717, 1.165) is 18.7 Å². The quantitative estimate of drug-likeness (QED) is 0.795. The van der Waals surface area contributed by atoms with Crippen LogP contribution in [0.4, 0.5) is 19.0 Å². The number of fused-ring (bicyclic) bond motifs is 2. The van der Waals surface area contributed by atoms with Crippen molar-refractivity contribution in [2.24, 2.45) is 16.6 Å². The lowest BCUT2D eigenvalue weighted by molar-refractivity contribution is 0.0370. The Labute approximate surface area is 168 Å². The van der Waals surface area contributed by atoms with Gasteiger partial charge in [0.1, 0.15) is 23.2 Å². The highest BCUT2D eigenvalue weighted by molar-refractivity contribution is 8.14. The Bertz CT molecular complexity index is 1100. The van der Waals surface area contributed by atoms with E-state index in [1.165, 1.54) is 36.3 Å². The number of rotatable bonds is 3. The number of aromatic nitrogens is 3. The van der Waals surface area contributed by atoms with E-state index >= 15 is 4.39 Å². The number of alkyl halides is 2. The summed E-state index contributed by atoms with van der Waals surface area (Å²) in [6.07, 6.45) is 4.98. The van der Waals surface area contributed by atoms with E-state index in [4.69, 9.17) is 5.73 Å². The molecule has 0 spiro atoms. The van der Waals surface area contributed by atoms with Gasteiger partial charge in [-0.15, -0.1) is 0 Å². The Hall–Kier alpha value is -2.62. The number of nitrogens with one attached hydrogen (secondary N) is 1. The molecule has 0 bridgehead atoms. The lowest BCUT2D eigenvalue weighted by Crippen LogP contribution is -2.56. The standard InChI is InChI=1S/C19H17F3N6S/c1-18(11-5-13(11)29-17(23)28-18)19(22)6-10(2-3-14(19)21)27-16-15-12(25-8-26-16)4-9(20)7-24-15/h2-4,6-8,11,13-14H,5H2,1H3,(H2,23,28)(H,25,26,27)/t11-,13+,14?,18+,19?/m1/s1. The maximum absolute atomic E-state index is 16.2. The van der Waals surface area contributed by atoms with E-state index in [2.05, 4.69) is 25.3 Å². The molecule has 1 aliphatic heterocycles. The molecule has 5 rings (SSSR count). The molecule has 1 saturated carbocycles. The van der Waals surface area contributed by atoms with Gasteiger partial charge in [0.15, 0.2) is 22.8 Å². The molecule has 0 radical (unpaired) electrons. The van der Waals surface area contributed by atoms with Crippen LogP contribution in [0.25, 0.3) is 11.0 Å². The van der Waals surface area contributed by atoms with Crippen LogP contribution in [0.2, 0.25) is 0 Å². The van der Waals surface area contributed by atoms with Crippen LogP contribution in [0, 0.1) is 11.7 Å². The number of nitrogens with zero attached hydrogens (tertiary/aromatic N) is 4. The Balaban J connectivity index is 1.54. The van der Waals surface area contributed by atoms with Crippen molar-refractivity contribution in [3.8, 4) is 0 Å². The van der Waals surface area contributed by atoms with Gasteiger partial charge in [0.2, 0.25) is 0 Å². The number of hydrogen-bond acceptors (Lipinski definition) is 7. The zero-order valence-corrected chi connectivity index (χ0v) is 16.1. The molecule has 2 unspecified atom stereocenters. The molecule has 3 aliphatic rings. The van der Waals surface area contributed by atoms with Gasteiger partial charge in [-0.05, 0) is 31.6 Å². The first-order valence-electron chi connectivity index (χ1n) is 9.09. The maximum atomic E-state index is 16.2. The summed E-state index contributed by atoms with van der Waals surface area (Å²) in [5.41, 5.74) is 3.12. The van der Waals surface area contributed by atoms with Gasteiger partial charge in [0.25, 0.3) is 0 Å². The topological polar surface area (TPSA) is 89.1 Å². The summed E-state index contributed by atoms with van der Waals surface area (Å²) < 4.78 is 44.5. The van der Waals surface area contributed by atoms with Crippen LogP contribution in [0.5, 0.6) is 0 Å². The Morgan fingerprint density at radius 2 is 2.14 bits per heavy atom. The number of halogens is 3. The minimum absolute atomic E-state index is 0.0865. The van der Waals surface area contributed by atoms with Crippen LogP contribution >= 0.6 is 11.8 Å². The smallest absolute Gasteiger partial charge is 0.190 e. The molecule has 0 saturated heterocycles. The van der Waals surface area contributed by atoms with Crippen LogP contribution in [0.3, 0.4) is 0 Å². The average molecular weight is 418 g/mol. The van der Waals surface area contributed by atoms with E-state index in [0.29, 0.717) is 16.7 Å². The monoisotopic (exact) mass is 418 g/mol. The molecule has 150 valence electrons. The van der Waals surface area contributed by atoms with Crippen molar-refractivity contribution < 1.29 is 13.2 Å². The molecule has 2 aliphatic carbocycles. The summed E-state index contributed by atoms with van der Waals surface area (Å²) in [7, 11) is 0. The number of hydrogen-bond donors (Lipinski definition) is 2. The fourth-order valence-electron chi connectivity index (χ4n) is 4.09. The largest absolute Gasteiger partial charge is 0.379 e. The summed E-state index contributed by atoms with van der Waals surface area (Å²) in [6.45, 7) is 1.62. The minimum atomic E-state index is -2.38. The number of nitrogens with two attached hydrogens (primary N) is 1. The normalized spacial score (nSPS) is 35.7. The van der Waals surface area contributed by atoms with Crippen LogP contribution < -0.4 is 11.1 Å². The van der Waals surface area contributed by atoms with Crippen molar-refractivity contribution in [3.05, 3.63) is 48.3 Å². The highest BCUT2D eigenvalue weighted by Gasteiger charge is 2.66.